The first-order valence-corrected chi connectivity index (χ1v) is 9.67. The van der Waals surface area contributed by atoms with Crippen LogP contribution in [-0.4, -0.2) is 31.1 Å². The fourth-order valence-electron chi connectivity index (χ4n) is 2.84. The van der Waals surface area contributed by atoms with Crippen LogP contribution >= 0.6 is 11.6 Å². The molecule has 0 heterocycles. The summed E-state index contributed by atoms with van der Waals surface area (Å²) >= 11 is 6.13. The molecule has 0 aliphatic rings. The van der Waals surface area contributed by atoms with Crippen LogP contribution in [0, 0.1) is 0 Å². The van der Waals surface area contributed by atoms with E-state index in [0.717, 1.165) is 0 Å². The second kappa shape index (κ2) is 10.5. The molecule has 3 aromatic rings. The van der Waals surface area contributed by atoms with Gasteiger partial charge in [-0.25, -0.2) is 4.79 Å². The minimum atomic E-state index is -1.10. The molecule has 0 spiro atoms. The van der Waals surface area contributed by atoms with Crippen molar-refractivity contribution in [2.45, 2.75) is 6.10 Å². The van der Waals surface area contributed by atoms with Crippen LogP contribution in [0.4, 0.5) is 10.5 Å². The Kier molecular flexibility index (Phi) is 7.48. The van der Waals surface area contributed by atoms with Crippen molar-refractivity contribution in [1.82, 2.24) is 0 Å². The number of aliphatic hydroxyl groups excluding tert-OH is 1. The Morgan fingerprint density at radius 1 is 0.968 bits per heavy atom. The van der Waals surface area contributed by atoms with Gasteiger partial charge in [-0.15, -0.1) is 0 Å². The van der Waals surface area contributed by atoms with Crippen molar-refractivity contribution in [2.75, 3.05) is 19.5 Å². The van der Waals surface area contributed by atoms with Crippen LogP contribution < -0.4 is 14.8 Å². The van der Waals surface area contributed by atoms with Gasteiger partial charge >= 0.3 is 6.09 Å². The second-order valence-corrected chi connectivity index (χ2v) is 6.75. The number of hydrogen-bond acceptors (Lipinski definition) is 6. The quantitative estimate of drug-likeness (QED) is 0.305. The summed E-state index contributed by atoms with van der Waals surface area (Å²) in [6, 6.07) is 20.9. The predicted octanol–water partition coefficient (Wildman–Crippen LogP) is 5.04. The van der Waals surface area contributed by atoms with Crippen molar-refractivity contribution >= 4 is 29.1 Å². The highest BCUT2D eigenvalue weighted by molar-refractivity contribution is 6.32. The molecule has 0 fully saturated rings. The van der Waals surface area contributed by atoms with E-state index in [1.165, 1.54) is 26.4 Å². The number of carbonyl (C=O) groups excluding carboxylic acids is 1. The van der Waals surface area contributed by atoms with Gasteiger partial charge in [0.25, 0.3) is 0 Å². The topological polar surface area (TPSA) is 89.4 Å². The number of hydrogen-bond donors (Lipinski definition) is 2. The van der Waals surface area contributed by atoms with E-state index in [-0.39, 0.29) is 16.4 Å². The normalized spacial score (nSPS) is 12.1. The van der Waals surface area contributed by atoms with E-state index in [1.807, 2.05) is 12.1 Å². The summed E-state index contributed by atoms with van der Waals surface area (Å²) < 4.78 is 10.4. The van der Waals surface area contributed by atoms with Gasteiger partial charge in [0.05, 0.1) is 24.9 Å². The monoisotopic (exact) mass is 440 g/mol. The Hall–Kier alpha value is -3.55. The van der Waals surface area contributed by atoms with E-state index in [2.05, 4.69) is 10.5 Å². The molecule has 0 aromatic heterocycles. The third-order valence-corrected chi connectivity index (χ3v) is 4.68. The highest BCUT2D eigenvalue weighted by Crippen LogP contribution is 2.36. The molecular formula is C23H21ClN2O5. The van der Waals surface area contributed by atoms with E-state index in [4.69, 9.17) is 25.9 Å². The van der Waals surface area contributed by atoms with Gasteiger partial charge in [-0.1, -0.05) is 77.4 Å². The average molecular weight is 441 g/mol. The van der Waals surface area contributed by atoms with E-state index in [9.17, 15) is 9.90 Å². The number of amides is 1. The maximum absolute atomic E-state index is 12.4. The van der Waals surface area contributed by atoms with Crippen molar-refractivity contribution in [3.8, 4) is 11.5 Å². The van der Waals surface area contributed by atoms with Crippen LogP contribution in [0.2, 0.25) is 5.02 Å². The molecule has 3 rings (SSSR count). The van der Waals surface area contributed by atoms with Crippen LogP contribution in [0.15, 0.2) is 78.0 Å². The summed E-state index contributed by atoms with van der Waals surface area (Å²) in [5.74, 6) is 0.725. The third kappa shape index (κ3) is 5.53. The molecule has 3 aromatic carbocycles. The molecule has 0 radical (unpaired) electrons. The van der Waals surface area contributed by atoms with Gasteiger partial charge in [-0.3, -0.25) is 10.2 Å². The summed E-state index contributed by atoms with van der Waals surface area (Å²) in [5.41, 5.74) is 1.68. The molecule has 7 nitrogen and oxygen atoms in total. The zero-order chi connectivity index (χ0) is 22.2. The largest absolute Gasteiger partial charge is 0.495 e. The molecule has 160 valence electrons. The minimum absolute atomic E-state index is 0.182. The number of methoxy groups -OCH3 is 2. The molecule has 1 atom stereocenters. The molecule has 0 bridgehead atoms. The lowest BCUT2D eigenvalue weighted by atomic mass is 9.99. The summed E-state index contributed by atoms with van der Waals surface area (Å²) in [5, 5.41) is 17.6. The summed E-state index contributed by atoms with van der Waals surface area (Å²) in [6.07, 6.45) is -1.98. The highest BCUT2D eigenvalue weighted by Gasteiger charge is 2.19. The number of anilines is 1. The van der Waals surface area contributed by atoms with Crippen molar-refractivity contribution in [2.24, 2.45) is 5.16 Å². The van der Waals surface area contributed by atoms with Crippen LogP contribution in [0.3, 0.4) is 0 Å². The molecule has 31 heavy (non-hydrogen) atoms. The third-order valence-electron chi connectivity index (χ3n) is 4.38. The van der Waals surface area contributed by atoms with E-state index < -0.39 is 12.2 Å². The smallest absolute Gasteiger partial charge is 0.437 e. The molecule has 2 N–H and O–H groups in total. The van der Waals surface area contributed by atoms with E-state index in [0.29, 0.717) is 22.6 Å². The van der Waals surface area contributed by atoms with Crippen LogP contribution in [0.1, 0.15) is 17.2 Å². The molecule has 0 saturated carbocycles. The molecule has 0 aliphatic carbocycles. The molecule has 8 heteroatoms. The number of nitrogens with one attached hydrogen (secondary N) is 1. The Morgan fingerprint density at radius 2 is 1.58 bits per heavy atom. The number of rotatable bonds is 7. The first kappa shape index (κ1) is 22.1. The maximum atomic E-state index is 12.4. The van der Waals surface area contributed by atoms with Crippen molar-refractivity contribution in [1.29, 1.82) is 0 Å². The molecule has 1 amide bonds. The Bertz CT molecular complexity index is 1060. The summed E-state index contributed by atoms with van der Waals surface area (Å²) in [6.45, 7) is 0. The lowest BCUT2D eigenvalue weighted by molar-refractivity contribution is 0.162. The molecule has 0 saturated heterocycles. The van der Waals surface area contributed by atoms with Gasteiger partial charge in [-0.2, -0.15) is 0 Å². The SMILES string of the molecule is COc1cc(OC)c(NC(=O)O/N=C(\c2ccccc2)C(O)c2ccccc2)cc1Cl. The standard InChI is InChI=1S/C23H21ClN2O5/c1-29-19-14-20(30-2)18(13-17(19)24)25-23(28)31-26-21(15-9-5-3-6-10-15)22(27)16-11-7-4-8-12-16/h3-14,22,27H,1-2H3,(H,25,28)/b26-21+. The highest BCUT2D eigenvalue weighted by atomic mass is 35.5. The first-order valence-electron chi connectivity index (χ1n) is 9.29. The van der Waals surface area contributed by atoms with Crippen LogP contribution in [0.5, 0.6) is 11.5 Å². The number of carbonyl (C=O) groups is 1. The fourth-order valence-corrected chi connectivity index (χ4v) is 3.08. The van der Waals surface area contributed by atoms with Gasteiger partial charge in [0.2, 0.25) is 0 Å². The van der Waals surface area contributed by atoms with E-state index >= 15 is 0 Å². The Balaban J connectivity index is 1.84. The zero-order valence-electron chi connectivity index (χ0n) is 16.9. The van der Waals surface area contributed by atoms with Crippen molar-refractivity contribution in [3.63, 3.8) is 0 Å². The second-order valence-electron chi connectivity index (χ2n) is 6.35. The average Bonchev–Trinajstić information content (AvgIpc) is 2.80. The molecule has 0 aliphatic heterocycles. The van der Waals surface area contributed by atoms with Gasteiger partial charge in [0.15, 0.2) is 0 Å². The van der Waals surface area contributed by atoms with E-state index in [1.54, 1.807) is 48.5 Å². The van der Waals surface area contributed by atoms with Gasteiger partial charge in [0, 0.05) is 11.6 Å². The number of oxime groups is 1. The molecular weight excluding hydrogens is 420 g/mol. The van der Waals surface area contributed by atoms with Gasteiger partial charge < -0.3 is 14.6 Å². The minimum Gasteiger partial charge on any atom is -0.495 e. The lowest BCUT2D eigenvalue weighted by Gasteiger charge is -2.15. The lowest BCUT2D eigenvalue weighted by Crippen LogP contribution is -2.17. The predicted molar refractivity (Wildman–Crippen MR) is 119 cm³/mol. The van der Waals surface area contributed by atoms with Crippen LogP contribution in [0.25, 0.3) is 0 Å². The number of benzene rings is 3. The first-order chi connectivity index (χ1) is 15.0. The Labute approximate surface area is 184 Å². The number of ether oxygens (including phenoxy) is 2. The number of halogens is 1. The summed E-state index contributed by atoms with van der Waals surface area (Å²) in [4.78, 5) is 17.4. The zero-order valence-corrected chi connectivity index (χ0v) is 17.7. The van der Waals surface area contributed by atoms with Gasteiger partial charge in [0.1, 0.15) is 23.3 Å². The van der Waals surface area contributed by atoms with Crippen molar-refractivity contribution < 1.29 is 24.2 Å². The maximum Gasteiger partial charge on any atom is 0.437 e. The number of aliphatic hydroxyl groups is 1. The summed E-state index contributed by atoms with van der Waals surface area (Å²) in [7, 11) is 2.92. The van der Waals surface area contributed by atoms with Gasteiger partial charge in [-0.05, 0) is 11.6 Å². The Morgan fingerprint density at radius 3 is 2.19 bits per heavy atom. The van der Waals surface area contributed by atoms with Crippen LogP contribution in [-0.2, 0) is 4.84 Å². The van der Waals surface area contributed by atoms with Crippen molar-refractivity contribution in [3.05, 3.63) is 88.9 Å². The fraction of sp³-hybridized carbons (Fsp3) is 0.130. The number of nitrogens with zero attached hydrogens (tertiary/aromatic N) is 1. The molecule has 1 unspecified atom stereocenters.